The van der Waals surface area contributed by atoms with Gasteiger partial charge >= 0.3 is 0 Å². The predicted molar refractivity (Wildman–Crippen MR) is 85.4 cm³/mol. The van der Waals surface area contributed by atoms with Crippen LogP contribution in [0.15, 0.2) is 42.5 Å². The molecule has 1 unspecified atom stereocenters. The van der Waals surface area contributed by atoms with Crippen LogP contribution in [0.25, 0.3) is 0 Å². The molecule has 0 aliphatic carbocycles. The van der Waals surface area contributed by atoms with Crippen molar-refractivity contribution in [2.45, 2.75) is 32.6 Å². The summed E-state index contributed by atoms with van der Waals surface area (Å²) in [7, 11) is 0. The Balaban J connectivity index is 1.86. The van der Waals surface area contributed by atoms with Crippen molar-refractivity contribution in [1.29, 1.82) is 5.26 Å². The van der Waals surface area contributed by atoms with E-state index in [-0.39, 0.29) is 11.7 Å². The first-order chi connectivity index (χ1) is 10.6. The summed E-state index contributed by atoms with van der Waals surface area (Å²) in [5.41, 5.74) is 3.07. The van der Waals surface area contributed by atoms with E-state index in [1.165, 1.54) is 23.3 Å². The summed E-state index contributed by atoms with van der Waals surface area (Å²) < 4.78 is 19.0. The third-order valence-corrected chi connectivity index (χ3v) is 3.51. The summed E-state index contributed by atoms with van der Waals surface area (Å²) in [5.74, 6) is 0.263. The molecule has 2 nitrogen and oxygen atoms in total. The van der Waals surface area contributed by atoms with E-state index in [4.69, 9.17) is 4.74 Å². The van der Waals surface area contributed by atoms with E-state index in [9.17, 15) is 9.65 Å². The lowest BCUT2D eigenvalue weighted by Crippen LogP contribution is -2.02. The summed E-state index contributed by atoms with van der Waals surface area (Å²) in [6.45, 7) is 4.63. The number of nitriles is 1. The monoisotopic (exact) mass is 297 g/mol. The lowest BCUT2D eigenvalue weighted by atomic mass is 9.96. The molecule has 0 aliphatic rings. The highest BCUT2D eigenvalue weighted by Crippen LogP contribution is 2.22. The van der Waals surface area contributed by atoms with E-state index in [1.807, 2.05) is 26.0 Å². The zero-order chi connectivity index (χ0) is 15.9. The molecule has 0 amide bonds. The van der Waals surface area contributed by atoms with Gasteiger partial charge in [0, 0.05) is 0 Å². The summed E-state index contributed by atoms with van der Waals surface area (Å²) in [5, 5.41) is 9.25. The molecule has 0 saturated carbocycles. The van der Waals surface area contributed by atoms with Gasteiger partial charge in [0.2, 0.25) is 0 Å². The molecule has 0 N–H and O–H groups in total. The molecule has 0 aromatic heterocycles. The molecule has 0 bridgehead atoms. The van der Waals surface area contributed by atoms with Gasteiger partial charge in [-0.15, -0.1) is 0 Å². The van der Waals surface area contributed by atoms with E-state index in [2.05, 4.69) is 12.1 Å². The predicted octanol–water partition coefficient (Wildman–Crippen LogP) is 4.91. The van der Waals surface area contributed by atoms with Gasteiger partial charge in [0.1, 0.15) is 11.6 Å². The fraction of sp³-hybridized carbons (Fsp3) is 0.316. The quantitative estimate of drug-likeness (QED) is 0.710. The average Bonchev–Trinajstić information content (AvgIpc) is 2.46. The molecule has 1 atom stereocenters. The molecule has 0 heterocycles. The minimum Gasteiger partial charge on any atom is -0.494 e. The number of benzene rings is 2. The van der Waals surface area contributed by atoms with E-state index in [0.717, 1.165) is 17.7 Å². The average molecular weight is 297 g/mol. The van der Waals surface area contributed by atoms with Crippen LogP contribution in [0.1, 0.15) is 35.4 Å². The Labute approximate surface area is 131 Å². The molecular formula is C19H20FNO. The van der Waals surface area contributed by atoms with E-state index in [1.54, 1.807) is 12.1 Å². The molecule has 0 spiro atoms. The number of halogens is 1. The highest BCUT2D eigenvalue weighted by Gasteiger charge is 2.11. The van der Waals surface area contributed by atoms with Crippen molar-refractivity contribution in [3.05, 3.63) is 65.0 Å². The zero-order valence-corrected chi connectivity index (χ0v) is 13.0. The summed E-state index contributed by atoms with van der Waals surface area (Å²) in [6.07, 6.45) is 1.41. The minimum atomic E-state index is -0.302. The molecule has 2 aromatic rings. The first-order valence-electron chi connectivity index (χ1n) is 7.44. The van der Waals surface area contributed by atoms with Crippen LogP contribution in [0.5, 0.6) is 5.75 Å². The SMILES string of the molecule is Cc1cc(C)cc(OCCCC(C#N)c2cccc(F)c2)c1. The molecule has 114 valence electrons. The van der Waals surface area contributed by atoms with Gasteiger partial charge in [-0.25, -0.2) is 4.39 Å². The molecular weight excluding hydrogens is 277 g/mol. The Morgan fingerprint density at radius 2 is 1.86 bits per heavy atom. The Hall–Kier alpha value is -2.34. The van der Waals surface area contributed by atoms with Gasteiger partial charge < -0.3 is 4.74 Å². The van der Waals surface area contributed by atoms with Crippen molar-refractivity contribution in [2.75, 3.05) is 6.61 Å². The second-order valence-electron chi connectivity index (χ2n) is 5.55. The van der Waals surface area contributed by atoms with Crippen molar-refractivity contribution in [2.24, 2.45) is 0 Å². The maximum atomic E-state index is 13.2. The van der Waals surface area contributed by atoms with E-state index >= 15 is 0 Å². The highest BCUT2D eigenvalue weighted by molar-refractivity contribution is 5.33. The van der Waals surface area contributed by atoms with Crippen LogP contribution in [0.4, 0.5) is 4.39 Å². The molecule has 2 aromatic carbocycles. The van der Waals surface area contributed by atoms with Gasteiger partial charge in [0.15, 0.2) is 0 Å². The second-order valence-corrected chi connectivity index (χ2v) is 5.55. The minimum absolute atomic E-state index is 0.293. The van der Waals surface area contributed by atoms with Crippen molar-refractivity contribution < 1.29 is 9.13 Å². The number of hydrogen-bond donors (Lipinski definition) is 0. The van der Waals surface area contributed by atoms with Crippen LogP contribution in [0.2, 0.25) is 0 Å². The lowest BCUT2D eigenvalue weighted by molar-refractivity contribution is 0.304. The maximum Gasteiger partial charge on any atom is 0.123 e. The van der Waals surface area contributed by atoms with Crippen LogP contribution in [0, 0.1) is 31.0 Å². The Bertz CT molecular complexity index is 655. The number of aryl methyl sites for hydroxylation is 2. The molecule has 22 heavy (non-hydrogen) atoms. The fourth-order valence-electron chi connectivity index (χ4n) is 2.52. The van der Waals surface area contributed by atoms with Crippen molar-refractivity contribution in [3.63, 3.8) is 0 Å². The molecule has 3 heteroatoms. The second kappa shape index (κ2) is 7.61. The third kappa shape index (κ3) is 4.60. The first-order valence-corrected chi connectivity index (χ1v) is 7.44. The van der Waals surface area contributed by atoms with Crippen molar-refractivity contribution in [1.82, 2.24) is 0 Å². The van der Waals surface area contributed by atoms with Crippen LogP contribution < -0.4 is 4.74 Å². The molecule has 0 aliphatic heterocycles. The largest absolute Gasteiger partial charge is 0.494 e. The topological polar surface area (TPSA) is 33.0 Å². The number of ether oxygens (including phenoxy) is 1. The molecule has 0 radical (unpaired) electrons. The smallest absolute Gasteiger partial charge is 0.123 e. The Kier molecular flexibility index (Phi) is 5.55. The van der Waals surface area contributed by atoms with Gasteiger partial charge in [0.05, 0.1) is 18.6 Å². The van der Waals surface area contributed by atoms with E-state index in [0.29, 0.717) is 13.0 Å². The van der Waals surface area contributed by atoms with Gasteiger partial charge in [-0.3, -0.25) is 0 Å². The summed E-state index contributed by atoms with van der Waals surface area (Å²) >= 11 is 0. The fourth-order valence-corrected chi connectivity index (χ4v) is 2.52. The number of hydrogen-bond acceptors (Lipinski definition) is 2. The first kappa shape index (κ1) is 16.0. The summed E-state index contributed by atoms with van der Waals surface area (Å²) in [4.78, 5) is 0. The summed E-state index contributed by atoms with van der Waals surface area (Å²) in [6, 6.07) is 14.6. The van der Waals surface area contributed by atoms with Crippen LogP contribution in [-0.2, 0) is 0 Å². The van der Waals surface area contributed by atoms with E-state index < -0.39 is 0 Å². The van der Waals surface area contributed by atoms with Crippen molar-refractivity contribution >= 4 is 0 Å². The Morgan fingerprint density at radius 1 is 1.14 bits per heavy atom. The third-order valence-electron chi connectivity index (χ3n) is 3.51. The van der Waals surface area contributed by atoms with Gasteiger partial charge in [0.25, 0.3) is 0 Å². The maximum absolute atomic E-state index is 13.2. The normalized spacial score (nSPS) is 11.7. The van der Waals surface area contributed by atoms with Gasteiger partial charge in [-0.2, -0.15) is 5.26 Å². The number of nitrogens with zero attached hydrogens (tertiary/aromatic N) is 1. The Morgan fingerprint density at radius 3 is 2.50 bits per heavy atom. The van der Waals surface area contributed by atoms with Crippen LogP contribution >= 0.6 is 0 Å². The van der Waals surface area contributed by atoms with Gasteiger partial charge in [-0.1, -0.05) is 18.2 Å². The number of rotatable bonds is 6. The van der Waals surface area contributed by atoms with Crippen LogP contribution in [-0.4, -0.2) is 6.61 Å². The lowest BCUT2D eigenvalue weighted by Gasteiger charge is -2.11. The standard InChI is InChI=1S/C19H20FNO/c1-14-9-15(2)11-19(10-14)22-8-4-6-17(13-21)16-5-3-7-18(20)12-16/h3,5,7,9-12,17H,4,6,8H2,1-2H3. The molecule has 2 rings (SSSR count). The molecule has 0 fully saturated rings. The molecule has 0 saturated heterocycles. The van der Waals surface area contributed by atoms with Crippen molar-refractivity contribution in [3.8, 4) is 11.8 Å². The van der Waals surface area contributed by atoms with Crippen LogP contribution in [0.3, 0.4) is 0 Å². The highest BCUT2D eigenvalue weighted by atomic mass is 19.1. The van der Waals surface area contributed by atoms with Gasteiger partial charge in [-0.05, 0) is 67.6 Å². The zero-order valence-electron chi connectivity index (χ0n) is 13.0.